The van der Waals surface area contributed by atoms with Gasteiger partial charge < -0.3 is 10.0 Å². The van der Waals surface area contributed by atoms with E-state index >= 15 is 0 Å². The molecule has 1 aromatic rings. The first-order chi connectivity index (χ1) is 9.56. The molecule has 7 heteroatoms. The molecule has 1 aromatic heterocycles. The van der Waals surface area contributed by atoms with Crippen molar-refractivity contribution in [2.75, 3.05) is 26.2 Å². The summed E-state index contributed by atoms with van der Waals surface area (Å²) in [5, 5.41) is 13.2. The van der Waals surface area contributed by atoms with E-state index in [1.165, 1.54) is 17.3 Å². The zero-order chi connectivity index (χ0) is 14.3. The van der Waals surface area contributed by atoms with E-state index in [2.05, 4.69) is 10.00 Å². The number of carbonyl (C=O) groups is 2. The molecule has 7 nitrogen and oxygen atoms in total. The number of hydrogen-bond acceptors (Lipinski definition) is 4. The van der Waals surface area contributed by atoms with E-state index in [4.69, 9.17) is 5.11 Å². The third-order valence-electron chi connectivity index (χ3n) is 4.14. The van der Waals surface area contributed by atoms with Crippen LogP contribution in [-0.2, 0) is 7.05 Å². The van der Waals surface area contributed by atoms with Gasteiger partial charge in [0.25, 0.3) is 5.91 Å². The van der Waals surface area contributed by atoms with E-state index in [0.29, 0.717) is 19.1 Å². The first kappa shape index (κ1) is 13.1. The number of nitrogens with zero attached hydrogens (tertiary/aromatic N) is 4. The summed E-state index contributed by atoms with van der Waals surface area (Å²) in [5.41, 5.74) is 0.0257. The molecule has 20 heavy (non-hydrogen) atoms. The van der Waals surface area contributed by atoms with Gasteiger partial charge in [0.1, 0.15) is 5.56 Å². The van der Waals surface area contributed by atoms with Crippen LogP contribution in [-0.4, -0.2) is 68.8 Å². The van der Waals surface area contributed by atoms with Gasteiger partial charge in [-0.15, -0.1) is 0 Å². The summed E-state index contributed by atoms with van der Waals surface area (Å²) < 4.78 is 1.38. The minimum atomic E-state index is -1.11. The van der Waals surface area contributed by atoms with Crippen molar-refractivity contribution in [2.24, 2.45) is 7.05 Å². The molecule has 1 amide bonds. The molecule has 2 fully saturated rings. The largest absolute Gasteiger partial charge is 0.478 e. The van der Waals surface area contributed by atoms with Gasteiger partial charge in [-0.1, -0.05) is 0 Å². The standard InChI is InChI=1S/C13H18N4O3/c1-15-8-10(13(19)20)11(14-15)12(18)17-6-5-16-4-2-3-9(16)7-17/h8-9H,2-7H2,1H3,(H,19,20)/t9-/m0/s1. The van der Waals surface area contributed by atoms with E-state index in [9.17, 15) is 9.59 Å². The molecule has 0 bridgehead atoms. The summed E-state index contributed by atoms with van der Waals surface area (Å²) in [6.45, 7) is 3.29. The van der Waals surface area contributed by atoms with E-state index in [1.807, 2.05) is 0 Å². The number of carboxylic acid groups (broad SMARTS) is 1. The van der Waals surface area contributed by atoms with Crippen molar-refractivity contribution in [3.63, 3.8) is 0 Å². The minimum Gasteiger partial charge on any atom is -0.478 e. The highest BCUT2D eigenvalue weighted by Crippen LogP contribution is 2.22. The molecule has 1 N–H and O–H groups in total. The minimum absolute atomic E-state index is 0.0219. The van der Waals surface area contributed by atoms with Gasteiger partial charge in [0, 0.05) is 38.9 Å². The van der Waals surface area contributed by atoms with Gasteiger partial charge in [-0.2, -0.15) is 5.10 Å². The van der Waals surface area contributed by atoms with Gasteiger partial charge in [0.2, 0.25) is 0 Å². The third kappa shape index (κ3) is 2.18. The van der Waals surface area contributed by atoms with Crippen molar-refractivity contribution in [1.29, 1.82) is 0 Å². The lowest BCUT2D eigenvalue weighted by Crippen LogP contribution is -2.52. The number of aryl methyl sites for hydroxylation is 1. The summed E-state index contributed by atoms with van der Waals surface area (Å²) in [6.07, 6.45) is 3.66. The number of aromatic nitrogens is 2. The van der Waals surface area contributed by atoms with Crippen molar-refractivity contribution >= 4 is 11.9 Å². The molecule has 0 radical (unpaired) electrons. The Balaban J connectivity index is 1.80. The summed E-state index contributed by atoms with van der Waals surface area (Å²) in [5.74, 6) is -1.38. The average Bonchev–Trinajstić information content (AvgIpc) is 3.02. The zero-order valence-electron chi connectivity index (χ0n) is 11.4. The third-order valence-corrected chi connectivity index (χ3v) is 4.14. The monoisotopic (exact) mass is 278 g/mol. The van der Waals surface area contributed by atoms with E-state index in [-0.39, 0.29) is 17.2 Å². The average molecular weight is 278 g/mol. The van der Waals surface area contributed by atoms with Gasteiger partial charge >= 0.3 is 5.97 Å². The topological polar surface area (TPSA) is 78.7 Å². The van der Waals surface area contributed by atoms with Crippen LogP contribution in [0.15, 0.2) is 6.20 Å². The predicted molar refractivity (Wildman–Crippen MR) is 70.7 cm³/mol. The molecule has 1 atom stereocenters. The Hall–Kier alpha value is -1.89. The summed E-state index contributed by atoms with van der Waals surface area (Å²) >= 11 is 0. The van der Waals surface area contributed by atoms with Gasteiger partial charge in [-0.3, -0.25) is 14.4 Å². The summed E-state index contributed by atoms with van der Waals surface area (Å²) in [7, 11) is 1.62. The van der Waals surface area contributed by atoms with Gasteiger partial charge in [0.05, 0.1) is 0 Å². The second kappa shape index (κ2) is 4.90. The van der Waals surface area contributed by atoms with E-state index in [0.717, 1.165) is 19.5 Å². The molecule has 2 aliphatic rings. The molecule has 108 valence electrons. The number of carboxylic acids is 1. The Morgan fingerprint density at radius 3 is 2.90 bits per heavy atom. The summed E-state index contributed by atoms with van der Waals surface area (Å²) in [4.78, 5) is 27.8. The molecule has 3 heterocycles. The number of carbonyl (C=O) groups excluding carboxylic acids is 1. The maximum Gasteiger partial charge on any atom is 0.339 e. The second-order valence-corrected chi connectivity index (χ2v) is 5.45. The first-order valence-electron chi connectivity index (χ1n) is 6.86. The van der Waals surface area contributed by atoms with E-state index in [1.54, 1.807) is 11.9 Å². The lowest BCUT2D eigenvalue weighted by atomic mass is 10.1. The van der Waals surface area contributed by atoms with Crippen LogP contribution >= 0.6 is 0 Å². The number of piperazine rings is 1. The smallest absolute Gasteiger partial charge is 0.339 e. The molecule has 0 aliphatic carbocycles. The van der Waals surface area contributed by atoms with Crippen molar-refractivity contribution < 1.29 is 14.7 Å². The highest BCUT2D eigenvalue weighted by atomic mass is 16.4. The number of hydrogen-bond donors (Lipinski definition) is 1. The quantitative estimate of drug-likeness (QED) is 0.826. The Bertz CT molecular complexity index is 554. The van der Waals surface area contributed by atoms with Gasteiger partial charge in [-0.25, -0.2) is 4.79 Å². The first-order valence-corrected chi connectivity index (χ1v) is 6.86. The number of fused-ring (bicyclic) bond motifs is 1. The Kier molecular flexibility index (Phi) is 3.21. The Labute approximate surface area is 116 Å². The van der Waals surface area contributed by atoms with Gasteiger partial charge in [0.15, 0.2) is 5.69 Å². The van der Waals surface area contributed by atoms with Crippen LogP contribution in [0, 0.1) is 0 Å². The maximum absolute atomic E-state index is 12.5. The molecule has 0 spiro atoms. The molecule has 3 rings (SSSR count). The molecule has 0 saturated carbocycles. The van der Waals surface area contributed by atoms with Crippen molar-refractivity contribution in [2.45, 2.75) is 18.9 Å². The molecular formula is C13H18N4O3. The maximum atomic E-state index is 12.5. The molecule has 0 aromatic carbocycles. The van der Waals surface area contributed by atoms with Crippen molar-refractivity contribution in [1.82, 2.24) is 19.6 Å². The predicted octanol–water partition coefficient (Wildman–Crippen LogP) is 0.0385. The highest BCUT2D eigenvalue weighted by Gasteiger charge is 2.34. The van der Waals surface area contributed by atoms with Crippen LogP contribution in [0.25, 0.3) is 0 Å². The van der Waals surface area contributed by atoms with Crippen LogP contribution in [0.3, 0.4) is 0 Å². The normalized spacial score (nSPS) is 22.9. The van der Waals surface area contributed by atoms with Gasteiger partial charge in [-0.05, 0) is 19.4 Å². The Morgan fingerprint density at radius 2 is 2.15 bits per heavy atom. The van der Waals surface area contributed by atoms with Crippen molar-refractivity contribution in [3.8, 4) is 0 Å². The van der Waals surface area contributed by atoms with Crippen LogP contribution in [0.2, 0.25) is 0 Å². The fraction of sp³-hybridized carbons (Fsp3) is 0.615. The number of aromatic carboxylic acids is 1. The van der Waals surface area contributed by atoms with Crippen LogP contribution in [0.4, 0.5) is 0 Å². The lowest BCUT2D eigenvalue weighted by Gasteiger charge is -2.37. The number of amides is 1. The van der Waals surface area contributed by atoms with Crippen LogP contribution < -0.4 is 0 Å². The fourth-order valence-electron chi connectivity index (χ4n) is 3.13. The van der Waals surface area contributed by atoms with Crippen LogP contribution in [0.5, 0.6) is 0 Å². The molecule has 0 unspecified atom stereocenters. The highest BCUT2D eigenvalue weighted by molar-refractivity contribution is 6.03. The second-order valence-electron chi connectivity index (χ2n) is 5.45. The zero-order valence-corrected chi connectivity index (χ0v) is 11.4. The molecule has 2 aliphatic heterocycles. The van der Waals surface area contributed by atoms with Crippen molar-refractivity contribution in [3.05, 3.63) is 17.5 Å². The Morgan fingerprint density at radius 1 is 1.35 bits per heavy atom. The molecular weight excluding hydrogens is 260 g/mol. The molecule has 2 saturated heterocycles. The van der Waals surface area contributed by atoms with E-state index < -0.39 is 5.97 Å². The van der Waals surface area contributed by atoms with Crippen LogP contribution in [0.1, 0.15) is 33.7 Å². The SMILES string of the molecule is Cn1cc(C(=O)O)c(C(=O)N2CCN3CCC[C@H]3C2)n1. The number of rotatable bonds is 2. The lowest BCUT2D eigenvalue weighted by molar-refractivity contribution is 0.0554. The fourth-order valence-corrected chi connectivity index (χ4v) is 3.13. The summed E-state index contributed by atoms with van der Waals surface area (Å²) in [6, 6.07) is 0.421.